The van der Waals surface area contributed by atoms with Gasteiger partial charge in [0.25, 0.3) is 5.91 Å². The lowest BCUT2D eigenvalue weighted by Crippen LogP contribution is -2.55. The van der Waals surface area contributed by atoms with Crippen LogP contribution in [-0.4, -0.2) is 102 Å². The van der Waals surface area contributed by atoms with E-state index < -0.39 is 36.0 Å². The van der Waals surface area contributed by atoms with Gasteiger partial charge in [-0.2, -0.15) is 0 Å². The Balaban J connectivity index is 1.64. The van der Waals surface area contributed by atoms with Crippen molar-refractivity contribution in [3.63, 3.8) is 0 Å². The van der Waals surface area contributed by atoms with Gasteiger partial charge in [0.15, 0.2) is 6.10 Å². The van der Waals surface area contributed by atoms with E-state index in [1.54, 1.807) is 30.2 Å². The molecule has 3 rings (SSSR count). The number of likely N-dealkylation sites (tertiary alicyclic amines) is 1. The zero-order chi connectivity index (χ0) is 24.1. The van der Waals surface area contributed by atoms with Crippen molar-refractivity contribution in [2.24, 2.45) is 5.92 Å². The molecule has 11 heteroatoms. The van der Waals surface area contributed by atoms with E-state index in [1.165, 1.54) is 9.80 Å². The van der Waals surface area contributed by atoms with Crippen molar-refractivity contribution in [2.45, 2.75) is 38.4 Å². The highest BCUT2D eigenvalue weighted by atomic mass is 16.6. The van der Waals surface area contributed by atoms with E-state index in [4.69, 9.17) is 9.47 Å². The maximum absolute atomic E-state index is 13.0. The molecule has 2 heterocycles. The van der Waals surface area contributed by atoms with Gasteiger partial charge in [-0.25, -0.2) is 4.79 Å². The second-order valence-electron chi connectivity index (χ2n) is 8.29. The molecule has 1 aliphatic carbocycles. The van der Waals surface area contributed by atoms with Crippen LogP contribution in [0.4, 0.5) is 0 Å². The molecule has 3 aliphatic rings. The van der Waals surface area contributed by atoms with E-state index in [0.717, 1.165) is 19.8 Å². The largest absolute Gasteiger partial charge is 0.478 e. The lowest BCUT2D eigenvalue weighted by atomic mass is 9.95. The van der Waals surface area contributed by atoms with Crippen LogP contribution >= 0.6 is 0 Å². The van der Waals surface area contributed by atoms with Gasteiger partial charge in [0, 0.05) is 45.7 Å². The van der Waals surface area contributed by atoms with Gasteiger partial charge in [0.1, 0.15) is 0 Å². The zero-order valence-electron chi connectivity index (χ0n) is 18.8. The third-order valence-corrected chi connectivity index (χ3v) is 5.87. The minimum absolute atomic E-state index is 0.0105. The number of hydrogen-bond donors (Lipinski definition) is 1. The van der Waals surface area contributed by atoms with Crippen LogP contribution in [0.2, 0.25) is 0 Å². The number of nitrogens with zero attached hydrogens (tertiary/aromatic N) is 3. The monoisotopic (exact) mass is 463 g/mol. The molecule has 180 valence electrons. The van der Waals surface area contributed by atoms with Crippen LogP contribution in [0.25, 0.3) is 0 Å². The minimum atomic E-state index is -1.77. The maximum Gasteiger partial charge on any atom is 0.348 e. The Labute approximate surface area is 191 Å². The quantitative estimate of drug-likeness (QED) is 0.512. The highest BCUT2D eigenvalue weighted by Gasteiger charge is 2.43. The van der Waals surface area contributed by atoms with Crippen LogP contribution in [0.5, 0.6) is 0 Å². The molecule has 33 heavy (non-hydrogen) atoms. The number of aliphatic carboxylic acids is 1. The number of ether oxygens (including phenoxy) is 2. The molecule has 2 saturated heterocycles. The Bertz CT molecular complexity index is 877. The molecule has 3 unspecified atom stereocenters. The summed E-state index contributed by atoms with van der Waals surface area (Å²) in [6.45, 7) is 2.68. The van der Waals surface area contributed by atoms with E-state index in [0.29, 0.717) is 18.8 Å². The predicted molar refractivity (Wildman–Crippen MR) is 113 cm³/mol. The van der Waals surface area contributed by atoms with Crippen LogP contribution in [0, 0.1) is 5.92 Å². The van der Waals surface area contributed by atoms with E-state index in [-0.39, 0.29) is 37.9 Å². The number of amides is 3. The molecule has 0 aromatic rings. The molecule has 0 radical (unpaired) electrons. The molecule has 2 fully saturated rings. The molecule has 11 nitrogen and oxygen atoms in total. The Morgan fingerprint density at radius 2 is 1.94 bits per heavy atom. The van der Waals surface area contributed by atoms with Crippen molar-refractivity contribution in [3.8, 4) is 0 Å². The van der Waals surface area contributed by atoms with Crippen molar-refractivity contribution in [2.75, 3.05) is 39.8 Å². The van der Waals surface area contributed by atoms with E-state index >= 15 is 0 Å². The van der Waals surface area contributed by atoms with Crippen LogP contribution in [0.1, 0.15) is 26.2 Å². The van der Waals surface area contributed by atoms with Gasteiger partial charge in [0.2, 0.25) is 17.9 Å². The average molecular weight is 463 g/mol. The number of rotatable bonds is 7. The number of likely N-dealkylation sites (N-methyl/N-ethyl adjacent to an activating group) is 1. The van der Waals surface area contributed by atoms with Gasteiger partial charge >= 0.3 is 11.9 Å². The Hall–Kier alpha value is -3.21. The molecule has 0 aromatic carbocycles. The van der Waals surface area contributed by atoms with E-state index in [9.17, 15) is 29.1 Å². The molecule has 1 N–H and O–H groups in total. The molecule has 0 saturated carbocycles. The smallest absolute Gasteiger partial charge is 0.348 e. The van der Waals surface area contributed by atoms with Crippen LogP contribution in [0.15, 0.2) is 23.9 Å². The lowest BCUT2D eigenvalue weighted by Gasteiger charge is -2.37. The summed E-state index contributed by atoms with van der Waals surface area (Å²) in [5.74, 6) is -3.88. The molecular formula is C22H29N3O8. The number of carbonyl (C=O) groups is 5. The topological polar surface area (TPSA) is 134 Å². The zero-order valence-corrected chi connectivity index (χ0v) is 18.8. The second-order valence-corrected chi connectivity index (χ2v) is 8.29. The fourth-order valence-electron chi connectivity index (χ4n) is 4.19. The summed E-state index contributed by atoms with van der Waals surface area (Å²) in [5.41, 5.74) is 0.528. The molecule has 3 atom stereocenters. The van der Waals surface area contributed by atoms with Crippen molar-refractivity contribution < 1.29 is 38.6 Å². The summed E-state index contributed by atoms with van der Waals surface area (Å²) in [6.07, 6.45) is 3.96. The van der Waals surface area contributed by atoms with Crippen molar-refractivity contribution in [3.05, 3.63) is 23.9 Å². The summed E-state index contributed by atoms with van der Waals surface area (Å²) in [6, 6.07) is 0. The van der Waals surface area contributed by atoms with Crippen molar-refractivity contribution >= 4 is 29.7 Å². The third kappa shape index (κ3) is 5.78. The lowest BCUT2D eigenvalue weighted by molar-refractivity contribution is -0.183. The first kappa shape index (κ1) is 24.4. The number of carbonyl (C=O) groups excluding carboxylic acids is 4. The molecule has 2 aliphatic heterocycles. The van der Waals surface area contributed by atoms with Gasteiger partial charge in [-0.1, -0.05) is 12.2 Å². The maximum atomic E-state index is 13.0. The summed E-state index contributed by atoms with van der Waals surface area (Å²) in [5, 5.41) is 9.38. The van der Waals surface area contributed by atoms with Crippen LogP contribution in [0.3, 0.4) is 0 Å². The normalized spacial score (nSPS) is 23.7. The Morgan fingerprint density at radius 3 is 2.58 bits per heavy atom. The number of esters is 1. The van der Waals surface area contributed by atoms with E-state index in [1.807, 2.05) is 0 Å². The predicted octanol–water partition coefficient (Wildman–Crippen LogP) is -0.229. The fraction of sp³-hybridized carbons (Fsp3) is 0.591. The first-order valence-corrected chi connectivity index (χ1v) is 10.9. The minimum Gasteiger partial charge on any atom is -0.478 e. The standard InChI is InChI=1S/C22H29N3O8/c1-14(26)33-19(22(30)31)18-21(29)25(10-11-32-18)16-7-5-6-15(12-16)20(28)23(2)13-17(27)24-8-3-4-9-24/h5-7,15,18-19H,3-4,8-13H2,1-2H3,(H,30,31). The molecule has 0 spiro atoms. The van der Waals surface area contributed by atoms with Crippen LogP contribution < -0.4 is 0 Å². The van der Waals surface area contributed by atoms with Gasteiger partial charge < -0.3 is 29.3 Å². The van der Waals surface area contributed by atoms with Gasteiger partial charge in [-0.05, 0) is 18.9 Å². The molecule has 3 amide bonds. The summed E-state index contributed by atoms with van der Waals surface area (Å²) < 4.78 is 10.1. The number of hydrogen-bond acceptors (Lipinski definition) is 7. The Kier molecular flexibility index (Phi) is 7.85. The summed E-state index contributed by atoms with van der Waals surface area (Å²) in [7, 11) is 1.58. The number of carboxylic acid groups (broad SMARTS) is 1. The fourth-order valence-corrected chi connectivity index (χ4v) is 4.19. The summed E-state index contributed by atoms with van der Waals surface area (Å²) >= 11 is 0. The van der Waals surface area contributed by atoms with Crippen molar-refractivity contribution in [1.82, 2.24) is 14.7 Å². The SMILES string of the molecule is CC(=O)OC(C(=O)O)C1OCCN(C2=CC=CC(C(=O)N(C)CC(=O)N3CCCC3)C2)C1=O. The molecule has 0 bridgehead atoms. The third-order valence-electron chi connectivity index (χ3n) is 5.87. The highest BCUT2D eigenvalue weighted by molar-refractivity contribution is 5.91. The first-order valence-electron chi connectivity index (χ1n) is 10.9. The average Bonchev–Trinajstić information content (AvgIpc) is 3.32. The van der Waals surface area contributed by atoms with E-state index in [2.05, 4.69) is 0 Å². The van der Waals surface area contributed by atoms with Gasteiger partial charge in [-0.15, -0.1) is 0 Å². The molecule has 0 aromatic heterocycles. The summed E-state index contributed by atoms with van der Waals surface area (Å²) in [4.78, 5) is 65.6. The first-order chi connectivity index (χ1) is 15.7. The molecular weight excluding hydrogens is 434 g/mol. The second kappa shape index (κ2) is 10.6. The number of carboxylic acids is 1. The number of morpholine rings is 1. The highest BCUT2D eigenvalue weighted by Crippen LogP contribution is 2.27. The van der Waals surface area contributed by atoms with Gasteiger partial charge in [-0.3, -0.25) is 19.2 Å². The van der Waals surface area contributed by atoms with Crippen LogP contribution in [-0.2, 0) is 33.4 Å². The van der Waals surface area contributed by atoms with Crippen molar-refractivity contribution in [1.29, 1.82) is 0 Å². The Morgan fingerprint density at radius 1 is 1.24 bits per heavy atom. The number of allylic oxidation sites excluding steroid dienone is 3. The van der Waals surface area contributed by atoms with Gasteiger partial charge in [0.05, 0.1) is 19.1 Å².